The summed E-state index contributed by atoms with van der Waals surface area (Å²) in [5.41, 5.74) is 2.60. The summed E-state index contributed by atoms with van der Waals surface area (Å²) in [6.07, 6.45) is 4.75. The Balaban J connectivity index is 1.82. The number of aromatic nitrogens is 4. The van der Waals surface area contributed by atoms with Crippen LogP contribution >= 0.6 is 0 Å². The molecular weight excluding hydrogens is 318 g/mol. The van der Waals surface area contributed by atoms with Crippen LogP contribution < -0.4 is 0 Å². The van der Waals surface area contributed by atoms with E-state index < -0.39 is 5.97 Å². The molecule has 0 unspecified atom stereocenters. The number of carbonyl (C=O) groups excluding carboxylic acids is 1. The van der Waals surface area contributed by atoms with Crippen LogP contribution in [0.15, 0.2) is 12.3 Å². The third-order valence-electron chi connectivity index (χ3n) is 4.42. The van der Waals surface area contributed by atoms with E-state index in [4.69, 9.17) is 4.74 Å². The fourth-order valence-electron chi connectivity index (χ4n) is 3.16. The number of carbonyl (C=O) groups is 1. The molecule has 0 aromatic carbocycles. The maximum absolute atomic E-state index is 12.5. The van der Waals surface area contributed by atoms with E-state index in [9.17, 15) is 10.1 Å². The Kier molecular flexibility index (Phi) is 4.79. The molecule has 0 spiro atoms. The molecule has 2 atom stereocenters. The van der Waals surface area contributed by atoms with Crippen LogP contribution in [0.5, 0.6) is 0 Å². The van der Waals surface area contributed by atoms with Gasteiger partial charge in [0.05, 0.1) is 17.7 Å². The van der Waals surface area contributed by atoms with E-state index in [-0.39, 0.29) is 12.0 Å². The molecule has 0 bridgehead atoms. The van der Waals surface area contributed by atoms with Gasteiger partial charge < -0.3 is 4.74 Å². The largest absolute Gasteiger partial charge is 0.457 e. The van der Waals surface area contributed by atoms with Gasteiger partial charge in [0.1, 0.15) is 11.7 Å². The highest BCUT2D eigenvalue weighted by atomic mass is 16.5. The highest BCUT2D eigenvalue weighted by Crippen LogP contribution is 2.27. The van der Waals surface area contributed by atoms with Crippen molar-refractivity contribution in [3.05, 3.63) is 34.9 Å². The topological polar surface area (TPSA) is 93.7 Å². The Labute approximate surface area is 146 Å². The predicted octanol–water partition coefficient (Wildman–Crippen LogP) is 2.83. The molecule has 0 radical (unpaired) electrons. The lowest BCUT2D eigenvalue weighted by atomic mass is 9.87. The zero-order valence-corrected chi connectivity index (χ0v) is 14.7. The van der Waals surface area contributed by atoms with Gasteiger partial charge in [0.2, 0.25) is 0 Å². The average Bonchev–Trinajstić information content (AvgIpc) is 2.96. The van der Waals surface area contributed by atoms with Crippen LogP contribution in [0.1, 0.15) is 53.1 Å². The quantitative estimate of drug-likeness (QED) is 0.798. The second-order valence-corrected chi connectivity index (χ2v) is 6.49. The minimum Gasteiger partial charge on any atom is -0.457 e. The smallest absolute Gasteiger partial charge is 0.341 e. The maximum Gasteiger partial charge on any atom is 0.341 e. The van der Waals surface area contributed by atoms with Gasteiger partial charge in [-0.05, 0) is 46.1 Å². The van der Waals surface area contributed by atoms with Gasteiger partial charge in [-0.2, -0.15) is 10.4 Å². The lowest BCUT2D eigenvalue weighted by molar-refractivity contribution is 0.0107. The molecule has 3 rings (SSSR count). The van der Waals surface area contributed by atoms with Gasteiger partial charge >= 0.3 is 5.97 Å². The van der Waals surface area contributed by atoms with Crippen molar-refractivity contribution in [1.29, 1.82) is 5.26 Å². The fraction of sp³-hybridized carbons (Fsp3) is 0.500. The van der Waals surface area contributed by atoms with E-state index in [1.807, 2.05) is 19.9 Å². The number of rotatable bonds is 3. The van der Waals surface area contributed by atoms with Crippen molar-refractivity contribution >= 4 is 5.97 Å². The first-order valence-electron chi connectivity index (χ1n) is 8.47. The SMILES string of the molecule is Cc1cc(C)nc(-n2cc(C(=O)O[C@@H]3CCCC[C@H]3C#N)c(C)n2)n1. The van der Waals surface area contributed by atoms with Gasteiger partial charge in [-0.25, -0.2) is 19.4 Å². The van der Waals surface area contributed by atoms with Gasteiger partial charge in [0, 0.05) is 17.6 Å². The molecule has 0 aliphatic heterocycles. The van der Waals surface area contributed by atoms with E-state index in [1.54, 1.807) is 13.1 Å². The van der Waals surface area contributed by atoms with Crippen molar-refractivity contribution in [1.82, 2.24) is 19.7 Å². The third-order valence-corrected chi connectivity index (χ3v) is 4.42. The summed E-state index contributed by atoms with van der Waals surface area (Å²) >= 11 is 0. The molecule has 1 saturated carbocycles. The van der Waals surface area contributed by atoms with Crippen molar-refractivity contribution < 1.29 is 9.53 Å². The van der Waals surface area contributed by atoms with Crippen molar-refractivity contribution in [3.8, 4) is 12.0 Å². The summed E-state index contributed by atoms with van der Waals surface area (Å²) in [5, 5.41) is 13.6. The van der Waals surface area contributed by atoms with Crippen molar-refractivity contribution in [3.63, 3.8) is 0 Å². The van der Waals surface area contributed by atoms with Gasteiger partial charge in [-0.3, -0.25) is 0 Å². The van der Waals surface area contributed by atoms with Gasteiger partial charge in [0.25, 0.3) is 5.95 Å². The van der Waals surface area contributed by atoms with E-state index in [0.29, 0.717) is 17.2 Å². The normalized spacial score (nSPS) is 20.1. The molecule has 2 aromatic rings. The first-order chi connectivity index (χ1) is 12.0. The van der Waals surface area contributed by atoms with Crippen LogP contribution in [0, 0.1) is 38.0 Å². The second kappa shape index (κ2) is 7.01. The minimum absolute atomic E-state index is 0.226. The number of hydrogen-bond acceptors (Lipinski definition) is 6. The summed E-state index contributed by atoms with van der Waals surface area (Å²) in [6.45, 7) is 5.52. The van der Waals surface area contributed by atoms with Gasteiger partial charge in [0.15, 0.2) is 0 Å². The van der Waals surface area contributed by atoms with E-state index in [0.717, 1.165) is 37.1 Å². The van der Waals surface area contributed by atoms with E-state index >= 15 is 0 Å². The summed E-state index contributed by atoms with van der Waals surface area (Å²) < 4.78 is 7.10. The summed E-state index contributed by atoms with van der Waals surface area (Å²) in [6, 6.07) is 4.13. The Morgan fingerprint density at radius 1 is 1.24 bits per heavy atom. The first-order valence-corrected chi connectivity index (χ1v) is 8.47. The molecule has 0 saturated heterocycles. The fourth-order valence-corrected chi connectivity index (χ4v) is 3.16. The van der Waals surface area contributed by atoms with Crippen LogP contribution in [0.4, 0.5) is 0 Å². The monoisotopic (exact) mass is 339 g/mol. The lowest BCUT2D eigenvalue weighted by Gasteiger charge is -2.26. The maximum atomic E-state index is 12.5. The van der Waals surface area contributed by atoms with E-state index in [2.05, 4.69) is 21.1 Å². The molecule has 0 N–H and O–H groups in total. The Morgan fingerprint density at radius 3 is 2.60 bits per heavy atom. The lowest BCUT2D eigenvalue weighted by Crippen LogP contribution is -2.29. The number of ether oxygens (including phenoxy) is 1. The number of nitrogens with zero attached hydrogens (tertiary/aromatic N) is 5. The number of aryl methyl sites for hydroxylation is 3. The standard InChI is InChI=1S/C18H21N5O2/c1-11-8-12(2)21-18(20-11)23-10-15(13(3)22-23)17(24)25-16-7-5-4-6-14(16)9-19/h8,10,14,16H,4-7H2,1-3H3/t14-,16+/m0/s1. The highest BCUT2D eigenvalue weighted by Gasteiger charge is 2.29. The van der Waals surface area contributed by atoms with Crippen molar-refractivity contribution in [2.24, 2.45) is 5.92 Å². The number of hydrogen-bond donors (Lipinski definition) is 0. The van der Waals surface area contributed by atoms with Crippen LogP contribution in [-0.2, 0) is 4.74 Å². The Morgan fingerprint density at radius 2 is 1.92 bits per heavy atom. The molecule has 0 amide bonds. The summed E-state index contributed by atoms with van der Waals surface area (Å²) in [5.74, 6) is -0.247. The summed E-state index contributed by atoms with van der Waals surface area (Å²) in [4.78, 5) is 21.3. The predicted molar refractivity (Wildman–Crippen MR) is 90.1 cm³/mol. The Bertz CT molecular complexity index is 816. The molecule has 1 fully saturated rings. The van der Waals surface area contributed by atoms with Gasteiger partial charge in [-0.1, -0.05) is 6.42 Å². The molecule has 1 aliphatic carbocycles. The van der Waals surface area contributed by atoms with Crippen molar-refractivity contribution in [2.45, 2.75) is 52.6 Å². The molecule has 7 nitrogen and oxygen atoms in total. The molecule has 7 heteroatoms. The first kappa shape index (κ1) is 17.1. The third kappa shape index (κ3) is 3.68. The molecule has 130 valence electrons. The van der Waals surface area contributed by atoms with Gasteiger partial charge in [-0.15, -0.1) is 0 Å². The number of nitriles is 1. The molecule has 25 heavy (non-hydrogen) atoms. The zero-order valence-electron chi connectivity index (χ0n) is 14.7. The van der Waals surface area contributed by atoms with Crippen LogP contribution in [-0.4, -0.2) is 31.8 Å². The average molecular weight is 339 g/mol. The summed E-state index contributed by atoms with van der Waals surface area (Å²) in [7, 11) is 0. The molecular formula is C18H21N5O2. The molecule has 2 aromatic heterocycles. The van der Waals surface area contributed by atoms with Crippen LogP contribution in [0.3, 0.4) is 0 Å². The Hall–Kier alpha value is -2.75. The van der Waals surface area contributed by atoms with Crippen LogP contribution in [0.2, 0.25) is 0 Å². The molecule has 2 heterocycles. The second-order valence-electron chi connectivity index (χ2n) is 6.49. The zero-order chi connectivity index (χ0) is 18.0. The highest BCUT2D eigenvalue weighted by molar-refractivity contribution is 5.90. The molecule has 1 aliphatic rings. The number of esters is 1. The minimum atomic E-state index is -0.444. The van der Waals surface area contributed by atoms with E-state index in [1.165, 1.54) is 4.68 Å². The van der Waals surface area contributed by atoms with Crippen LogP contribution in [0.25, 0.3) is 5.95 Å². The van der Waals surface area contributed by atoms with Crippen molar-refractivity contribution in [2.75, 3.05) is 0 Å².